The number of hydrogen-bond acceptors (Lipinski definition) is 3. The second kappa shape index (κ2) is 9.99. The van der Waals surface area contributed by atoms with Crippen molar-refractivity contribution in [3.05, 3.63) is 102 Å². The summed E-state index contributed by atoms with van der Waals surface area (Å²) in [5, 5.41) is 15.3. The van der Waals surface area contributed by atoms with Crippen molar-refractivity contribution in [3.63, 3.8) is 0 Å². The Kier molecular flexibility index (Phi) is 6.68. The average Bonchev–Trinajstić information content (AvgIpc) is 3.26. The van der Waals surface area contributed by atoms with E-state index >= 15 is 0 Å². The Bertz CT molecular complexity index is 1350. The van der Waals surface area contributed by atoms with E-state index < -0.39 is 29.6 Å². The number of H-pyrrole nitrogens is 1. The Balaban J connectivity index is 1.48. The van der Waals surface area contributed by atoms with E-state index in [-0.39, 0.29) is 23.4 Å². The van der Waals surface area contributed by atoms with Crippen LogP contribution in [0.5, 0.6) is 0 Å². The lowest BCUT2D eigenvalue weighted by atomic mass is 10.0. The van der Waals surface area contributed by atoms with Crippen molar-refractivity contribution >= 4 is 34.4 Å². The van der Waals surface area contributed by atoms with Gasteiger partial charge in [-0.25, -0.2) is 9.18 Å². The van der Waals surface area contributed by atoms with Gasteiger partial charge in [0.05, 0.1) is 11.3 Å². The summed E-state index contributed by atoms with van der Waals surface area (Å²) < 4.78 is 13.4. The first-order chi connectivity index (χ1) is 16.4. The number of aliphatic carboxylic acids is 1. The van der Waals surface area contributed by atoms with Crippen molar-refractivity contribution in [2.45, 2.75) is 18.9 Å². The van der Waals surface area contributed by atoms with Crippen LogP contribution in [0, 0.1) is 5.82 Å². The van der Waals surface area contributed by atoms with Crippen molar-refractivity contribution in [1.82, 2.24) is 10.3 Å². The average molecular weight is 459 g/mol. The third-order valence-electron chi connectivity index (χ3n) is 5.42. The maximum absolute atomic E-state index is 13.4. The van der Waals surface area contributed by atoms with Crippen molar-refractivity contribution in [1.29, 1.82) is 0 Å². The number of carbonyl (C=O) groups excluding carboxylic acids is 2. The molecule has 0 aliphatic heterocycles. The van der Waals surface area contributed by atoms with Crippen LogP contribution < -0.4 is 10.6 Å². The number of amides is 2. The predicted molar refractivity (Wildman–Crippen MR) is 126 cm³/mol. The lowest BCUT2D eigenvalue weighted by Gasteiger charge is -2.16. The fraction of sp³-hybridized carbons (Fsp3) is 0.115. The van der Waals surface area contributed by atoms with Gasteiger partial charge in [-0.2, -0.15) is 0 Å². The van der Waals surface area contributed by atoms with Crippen LogP contribution in [0.1, 0.15) is 32.8 Å². The molecular weight excluding hydrogens is 437 g/mol. The maximum Gasteiger partial charge on any atom is 0.326 e. The third-order valence-corrected chi connectivity index (χ3v) is 5.42. The zero-order valence-corrected chi connectivity index (χ0v) is 18.0. The molecule has 0 spiro atoms. The summed E-state index contributed by atoms with van der Waals surface area (Å²) in [6.45, 7) is 0. The van der Waals surface area contributed by atoms with Crippen LogP contribution in [0.25, 0.3) is 10.9 Å². The first kappa shape index (κ1) is 22.7. The van der Waals surface area contributed by atoms with E-state index in [2.05, 4.69) is 15.6 Å². The quantitative estimate of drug-likeness (QED) is 0.313. The van der Waals surface area contributed by atoms with Crippen LogP contribution in [0.2, 0.25) is 0 Å². The summed E-state index contributed by atoms with van der Waals surface area (Å²) in [7, 11) is 0. The first-order valence-electron chi connectivity index (χ1n) is 10.7. The van der Waals surface area contributed by atoms with Crippen molar-refractivity contribution in [2.24, 2.45) is 0 Å². The highest BCUT2D eigenvalue weighted by molar-refractivity contribution is 6.10. The number of aromatic amines is 1. The number of nitrogens with one attached hydrogen (secondary N) is 3. The normalized spacial score (nSPS) is 11.7. The van der Waals surface area contributed by atoms with Crippen LogP contribution in [0.3, 0.4) is 0 Å². The summed E-state index contributed by atoms with van der Waals surface area (Å²) in [4.78, 5) is 40.3. The molecular formula is C26H22FN3O4. The number of anilines is 1. The van der Waals surface area contributed by atoms with Gasteiger partial charge in [0.2, 0.25) is 0 Å². The summed E-state index contributed by atoms with van der Waals surface area (Å²) in [6.07, 6.45) is 0.697. The molecule has 0 radical (unpaired) electrons. The van der Waals surface area contributed by atoms with Crippen LogP contribution >= 0.6 is 0 Å². The topological polar surface area (TPSA) is 111 Å². The molecule has 1 atom stereocenters. The predicted octanol–water partition coefficient (Wildman–Crippen LogP) is 4.38. The van der Waals surface area contributed by atoms with Gasteiger partial charge in [0, 0.05) is 10.9 Å². The first-order valence-corrected chi connectivity index (χ1v) is 10.7. The Labute approximate surface area is 194 Å². The number of benzene rings is 3. The number of rotatable bonds is 8. The number of hydrogen-bond donors (Lipinski definition) is 4. The molecule has 0 fully saturated rings. The van der Waals surface area contributed by atoms with Crippen LogP contribution in [-0.2, 0) is 11.2 Å². The molecule has 4 aromatic rings. The third kappa shape index (κ3) is 5.29. The molecule has 1 unspecified atom stereocenters. The molecule has 1 aromatic heterocycles. The SMILES string of the molecule is O=C(Nc1ccccc1C(=O)NC(CCc1ccccc1)C(=O)O)c1cc2cc(F)ccc2[nH]1. The molecule has 0 bridgehead atoms. The van der Waals surface area contributed by atoms with Gasteiger partial charge in [-0.05, 0) is 54.8 Å². The van der Waals surface area contributed by atoms with E-state index in [0.717, 1.165) is 5.56 Å². The molecule has 172 valence electrons. The largest absolute Gasteiger partial charge is 0.480 e. The number of carbonyl (C=O) groups is 3. The number of fused-ring (bicyclic) bond motifs is 1. The minimum absolute atomic E-state index is 0.129. The molecule has 2 amide bonds. The molecule has 0 saturated heterocycles. The van der Waals surface area contributed by atoms with Crippen LogP contribution in [0.15, 0.2) is 78.9 Å². The summed E-state index contributed by atoms with van der Waals surface area (Å²) in [5.74, 6) is -2.69. The van der Waals surface area contributed by atoms with E-state index in [1.165, 1.54) is 30.3 Å². The van der Waals surface area contributed by atoms with Gasteiger partial charge in [0.25, 0.3) is 11.8 Å². The summed E-state index contributed by atoms with van der Waals surface area (Å²) >= 11 is 0. The lowest BCUT2D eigenvalue weighted by Crippen LogP contribution is -2.41. The molecule has 7 nitrogen and oxygen atoms in total. The standard InChI is InChI=1S/C26H22FN3O4/c27-18-11-13-20-17(14-18)15-23(28-20)25(32)29-21-9-5-4-8-19(21)24(31)30-22(26(33)34)12-10-16-6-2-1-3-7-16/h1-9,11,13-15,22,28H,10,12H2,(H,29,32)(H,30,31)(H,33,34). The van der Waals surface area contributed by atoms with E-state index in [1.54, 1.807) is 18.2 Å². The maximum atomic E-state index is 13.4. The van der Waals surface area contributed by atoms with Gasteiger partial charge >= 0.3 is 5.97 Å². The molecule has 3 aromatic carbocycles. The Morgan fingerprint density at radius 2 is 1.65 bits per heavy atom. The zero-order chi connectivity index (χ0) is 24.1. The molecule has 0 aliphatic rings. The highest BCUT2D eigenvalue weighted by Crippen LogP contribution is 2.20. The molecule has 8 heteroatoms. The smallest absolute Gasteiger partial charge is 0.326 e. The second-order valence-corrected chi connectivity index (χ2v) is 7.80. The summed E-state index contributed by atoms with van der Waals surface area (Å²) in [5.41, 5.74) is 2.11. The highest BCUT2D eigenvalue weighted by atomic mass is 19.1. The number of halogens is 1. The number of para-hydroxylation sites is 1. The fourth-order valence-corrected chi connectivity index (χ4v) is 3.65. The highest BCUT2D eigenvalue weighted by Gasteiger charge is 2.23. The Hall–Kier alpha value is -4.46. The van der Waals surface area contributed by atoms with E-state index in [9.17, 15) is 23.9 Å². The van der Waals surface area contributed by atoms with Gasteiger partial charge < -0.3 is 20.7 Å². The molecule has 0 aliphatic carbocycles. The Morgan fingerprint density at radius 1 is 0.912 bits per heavy atom. The number of aromatic nitrogens is 1. The Morgan fingerprint density at radius 3 is 2.41 bits per heavy atom. The van der Waals surface area contributed by atoms with Gasteiger partial charge in [-0.3, -0.25) is 9.59 Å². The number of carboxylic acid groups (broad SMARTS) is 1. The fourth-order valence-electron chi connectivity index (χ4n) is 3.65. The lowest BCUT2D eigenvalue weighted by molar-refractivity contribution is -0.139. The molecule has 4 N–H and O–H groups in total. The summed E-state index contributed by atoms with van der Waals surface area (Å²) in [6, 6.07) is 20.3. The van der Waals surface area contributed by atoms with Gasteiger partial charge in [-0.15, -0.1) is 0 Å². The zero-order valence-electron chi connectivity index (χ0n) is 18.0. The molecule has 0 saturated carbocycles. The van der Waals surface area contributed by atoms with E-state index in [1.807, 2.05) is 30.3 Å². The monoisotopic (exact) mass is 459 g/mol. The number of aryl methyl sites for hydroxylation is 1. The van der Waals surface area contributed by atoms with Crippen molar-refractivity contribution in [3.8, 4) is 0 Å². The molecule has 4 rings (SSSR count). The van der Waals surface area contributed by atoms with E-state index in [0.29, 0.717) is 17.3 Å². The van der Waals surface area contributed by atoms with Crippen molar-refractivity contribution < 1.29 is 23.9 Å². The second-order valence-electron chi connectivity index (χ2n) is 7.80. The van der Waals surface area contributed by atoms with Crippen LogP contribution in [-0.4, -0.2) is 33.9 Å². The van der Waals surface area contributed by atoms with E-state index in [4.69, 9.17) is 0 Å². The minimum atomic E-state index is -1.14. The van der Waals surface area contributed by atoms with Crippen molar-refractivity contribution in [2.75, 3.05) is 5.32 Å². The molecule has 34 heavy (non-hydrogen) atoms. The minimum Gasteiger partial charge on any atom is -0.480 e. The van der Waals surface area contributed by atoms with Crippen LogP contribution in [0.4, 0.5) is 10.1 Å². The van der Waals surface area contributed by atoms with Gasteiger partial charge in [0.1, 0.15) is 17.6 Å². The van der Waals surface area contributed by atoms with Gasteiger partial charge in [-0.1, -0.05) is 42.5 Å². The van der Waals surface area contributed by atoms with Gasteiger partial charge in [0.15, 0.2) is 0 Å². The molecule has 1 heterocycles. The number of carboxylic acids is 1.